The summed E-state index contributed by atoms with van der Waals surface area (Å²) in [4.78, 5) is 21.0. The van der Waals surface area contributed by atoms with E-state index in [0.717, 1.165) is 38.0 Å². The van der Waals surface area contributed by atoms with E-state index in [1.165, 1.54) is 29.8 Å². The Balaban J connectivity index is 1.15. The van der Waals surface area contributed by atoms with E-state index < -0.39 is 0 Å². The molecular weight excluding hydrogens is 411 g/mol. The Morgan fingerprint density at radius 2 is 1.78 bits per heavy atom. The number of nitrogens with zero attached hydrogens (tertiary/aromatic N) is 4. The number of ether oxygens (including phenoxy) is 1. The van der Waals surface area contributed by atoms with Gasteiger partial charge < -0.3 is 14.2 Å². The number of aryl methyl sites for hydroxylation is 2. The van der Waals surface area contributed by atoms with Crippen molar-refractivity contribution in [2.45, 2.75) is 19.8 Å². The van der Waals surface area contributed by atoms with E-state index in [1.54, 1.807) is 0 Å². The van der Waals surface area contributed by atoms with E-state index in [1.807, 2.05) is 36.1 Å². The van der Waals surface area contributed by atoms with Crippen LogP contribution < -0.4 is 4.74 Å². The number of benzene rings is 2. The SMILES string of the molecule is Cc1ccc(-c2noc(CCCN3CCN(C(=O)COc4ccc(F)cc4)CC3)n2)cc1. The zero-order valence-electron chi connectivity index (χ0n) is 18.2. The van der Waals surface area contributed by atoms with Crippen LogP contribution in [0.4, 0.5) is 4.39 Å². The molecule has 0 unspecified atom stereocenters. The van der Waals surface area contributed by atoms with Gasteiger partial charge in [0, 0.05) is 38.2 Å². The van der Waals surface area contributed by atoms with Crippen molar-refractivity contribution in [2.24, 2.45) is 0 Å². The van der Waals surface area contributed by atoms with Gasteiger partial charge in [-0.05, 0) is 44.2 Å². The van der Waals surface area contributed by atoms with Crippen molar-refractivity contribution < 1.29 is 18.4 Å². The number of amides is 1. The van der Waals surface area contributed by atoms with Crippen LogP contribution in [0, 0.1) is 12.7 Å². The molecule has 0 bridgehead atoms. The normalized spacial score (nSPS) is 14.5. The van der Waals surface area contributed by atoms with Gasteiger partial charge in [0.1, 0.15) is 11.6 Å². The van der Waals surface area contributed by atoms with Gasteiger partial charge in [-0.1, -0.05) is 35.0 Å². The van der Waals surface area contributed by atoms with E-state index in [4.69, 9.17) is 9.26 Å². The zero-order chi connectivity index (χ0) is 22.3. The van der Waals surface area contributed by atoms with Crippen molar-refractivity contribution in [3.05, 3.63) is 65.8 Å². The molecule has 1 saturated heterocycles. The van der Waals surface area contributed by atoms with Crippen LogP contribution in [0.2, 0.25) is 0 Å². The molecule has 4 rings (SSSR count). The topological polar surface area (TPSA) is 71.7 Å². The molecule has 1 aromatic heterocycles. The summed E-state index contributed by atoms with van der Waals surface area (Å²) in [5.74, 6) is 1.38. The first kappa shape index (κ1) is 22.0. The van der Waals surface area contributed by atoms with Crippen LogP contribution in [-0.4, -0.2) is 65.2 Å². The van der Waals surface area contributed by atoms with E-state index in [-0.39, 0.29) is 18.3 Å². The van der Waals surface area contributed by atoms with Gasteiger partial charge in [0.05, 0.1) is 0 Å². The molecule has 1 fully saturated rings. The summed E-state index contributed by atoms with van der Waals surface area (Å²) in [6.07, 6.45) is 1.64. The quantitative estimate of drug-likeness (QED) is 0.537. The molecule has 0 atom stereocenters. The van der Waals surface area contributed by atoms with Gasteiger partial charge >= 0.3 is 0 Å². The molecule has 0 saturated carbocycles. The lowest BCUT2D eigenvalue weighted by Gasteiger charge is -2.34. The van der Waals surface area contributed by atoms with Gasteiger partial charge in [0.25, 0.3) is 5.91 Å². The van der Waals surface area contributed by atoms with Crippen molar-refractivity contribution in [3.8, 4) is 17.1 Å². The maximum atomic E-state index is 12.9. The predicted molar refractivity (Wildman–Crippen MR) is 118 cm³/mol. The van der Waals surface area contributed by atoms with Crippen LogP contribution in [0.3, 0.4) is 0 Å². The van der Waals surface area contributed by atoms with Crippen LogP contribution in [0.1, 0.15) is 17.9 Å². The second-order valence-corrected chi connectivity index (χ2v) is 7.95. The number of hydrogen-bond donors (Lipinski definition) is 0. The second kappa shape index (κ2) is 10.4. The Bertz CT molecular complexity index is 1010. The Morgan fingerprint density at radius 3 is 2.50 bits per heavy atom. The van der Waals surface area contributed by atoms with E-state index >= 15 is 0 Å². The summed E-state index contributed by atoms with van der Waals surface area (Å²) in [6, 6.07) is 13.7. The number of hydrogen-bond acceptors (Lipinski definition) is 6. The third kappa shape index (κ3) is 5.91. The van der Waals surface area contributed by atoms with E-state index in [2.05, 4.69) is 15.0 Å². The fourth-order valence-electron chi connectivity index (χ4n) is 3.62. The highest BCUT2D eigenvalue weighted by Gasteiger charge is 2.21. The standard InChI is InChI=1S/C24H27FN4O3/c1-18-4-6-19(7-5-18)24-26-22(32-27-24)3-2-12-28-13-15-29(16-14-28)23(30)17-31-21-10-8-20(25)9-11-21/h4-11H,2-3,12-17H2,1H3. The summed E-state index contributed by atoms with van der Waals surface area (Å²) in [7, 11) is 0. The molecule has 32 heavy (non-hydrogen) atoms. The minimum Gasteiger partial charge on any atom is -0.484 e. The molecule has 168 valence electrons. The average Bonchev–Trinajstić information content (AvgIpc) is 3.28. The van der Waals surface area contributed by atoms with Gasteiger partial charge in [-0.15, -0.1) is 0 Å². The second-order valence-electron chi connectivity index (χ2n) is 7.95. The maximum absolute atomic E-state index is 12.9. The smallest absolute Gasteiger partial charge is 0.260 e. The number of rotatable bonds is 8. The molecule has 0 aliphatic carbocycles. The van der Waals surface area contributed by atoms with Crippen molar-refractivity contribution in [3.63, 3.8) is 0 Å². The number of aromatic nitrogens is 2. The van der Waals surface area contributed by atoms with Crippen molar-refractivity contribution in [2.75, 3.05) is 39.3 Å². The molecule has 2 heterocycles. The number of carbonyl (C=O) groups is 1. The molecule has 0 radical (unpaired) electrons. The molecule has 0 spiro atoms. The number of halogens is 1. The van der Waals surface area contributed by atoms with Gasteiger partial charge in [-0.2, -0.15) is 4.98 Å². The number of carbonyl (C=O) groups excluding carboxylic acids is 1. The highest BCUT2D eigenvalue weighted by Crippen LogP contribution is 2.17. The lowest BCUT2D eigenvalue weighted by Crippen LogP contribution is -2.50. The van der Waals surface area contributed by atoms with Crippen LogP contribution in [0.15, 0.2) is 53.1 Å². The summed E-state index contributed by atoms with van der Waals surface area (Å²) in [5.41, 5.74) is 2.15. The third-order valence-electron chi connectivity index (χ3n) is 5.54. The molecule has 1 aliphatic heterocycles. The van der Waals surface area contributed by atoms with Crippen LogP contribution >= 0.6 is 0 Å². The molecule has 2 aromatic carbocycles. The minimum absolute atomic E-state index is 0.0356. The Hall–Kier alpha value is -3.26. The maximum Gasteiger partial charge on any atom is 0.260 e. The molecule has 3 aromatic rings. The lowest BCUT2D eigenvalue weighted by atomic mass is 10.1. The van der Waals surface area contributed by atoms with Crippen LogP contribution in [-0.2, 0) is 11.2 Å². The first-order chi connectivity index (χ1) is 15.6. The summed E-state index contributed by atoms with van der Waals surface area (Å²) in [5, 5.41) is 4.08. The Kier molecular flexibility index (Phi) is 7.11. The number of piperazine rings is 1. The average molecular weight is 439 g/mol. The van der Waals surface area contributed by atoms with Crippen LogP contribution in [0.5, 0.6) is 5.75 Å². The fourth-order valence-corrected chi connectivity index (χ4v) is 3.62. The molecule has 8 heteroatoms. The van der Waals surface area contributed by atoms with E-state index in [0.29, 0.717) is 30.6 Å². The Labute approximate surface area is 186 Å². The summed E-state index contributed by atoms with van der Waals surface area (Å²) >= 11 is 0. The zero-order valence-corrected chi connectivity index (χ0v) is 18.2. The molecule has 1 amide bonds. The first-order valence-corrected chi connectivity index (χ1v) is 10.8. The fraction of sp³-hybridized carbons (Fsp3) is 0.375. The molecule has 0 N–H and O–H groups in total. The van der Waals surface area contributed by atoms with E-state index in [9.17, 15) is 9.18 Å². The molecule has 1 aliphatic rings. The Morgan fingerprint density at radius 1 is 1.06 bits per heavy atom. The van der Waals surface area contributed by atoms with Crippen LogP contribution in [0.25, 0.3) is 11.4 Å². The van der Waals surface area contributed by atoms with Gasteiger partial charge in [-0.3, -0.25) is 9.69 Å². The predicted octanol–water partition coefficient (Wildman–Crippen LogP) is 3.34. The van der Waals surface area contributed by atoms with Gasteiger partial charge in [-0.25, -0.2) is 4.39 Å². The lowest BCUT2D eigenvalue weighted by molar-refractivity contribution is -0.135. The minimum atomic E-state index is -0.328. The molecular formula is C24H27FN4O3. The van der Waals surface area contributed by atoms with Gasteiger partial charge in [0.15, 0.2) is 6.61 Å². The highest BCUT2D eigenvalue weighted by atomic mass is 19.1. The summed E-state index contributed by atoms with van der Waals surface area (Å²) in [6.45, 7) is 5.90. The largest absolute Gasteiger partial charge is 0.484 e. The first-order valence-electron chi connectivity index (χ1n) is 10.8. The monoisotopic (exact) mass is 438 g/mol. The van der Waals surface area contributed by atoms with Gasteiger partial charge in [0.2, 0.25) is 11.7 Å². The third-order valence-corrected chi connectivity index (χ3v) is 5.54. The van der Waals surface area contributed by atoms with Crippen molar-refractivity contribution in [1.29, 1.82) is 0 Å². The highest BCUT2D eigenvalue weighted by molar-refractivity contribution is 5.77. The van der Waals surface area contributed by atoms with Crippen molar-refractivity contribution in [1.82, 2.24) is 19.9 Å². The molecule has 7 nitrogen and oxygen atoms in total. The van der Waals surface area contributed by atoms with Crippen molar-refractivity contribution >= 4 is 5.91 Å². The summed E-state index contributed by atoms with van der Waals surface area (Å²) < 4.78 is 23.8.